The summed E-state index contributed by atoms with van der Waals surface area (Å²) < 4.78 is 30.6. The number of anilines is 1. The van der Waals surface area contributed by atoms with Crippen LogP contribution in [0.25, 0.3) is 0 Å². The Morgan fingerprint density at radius 3 is 2.59 bits per heavy atom. The number of sulfonamides is 1. The molecule has 1 amide bonds. The lowest BCUT2D eigenvalue weighted by atomic mass is 10.1. The molecule has 0 bridgehead atoms. The molecule has 0 saturated carbocycles. The van der Waals surface area contributed by atoms with E-state index in [0.29, 0.717) is 31.8 Å². The first-order chi connectivity index (χ1) is 10.5. The first kappa shape index (κ1) is 18.4. The van der Waals surface area contributed by atoms with Crippen molar-refractivity contribution in [1.82, 2.24) is 10.6 Å². The standard InChI is InChI=1S/C14H23N3O4S/c1-3-22(19,20)17-13-7-5-4-6-12(13)14(18)16-9-8-15-10-11-21-2/h4-7,15,17H,3,8-11H2,1-2H3,(H,16,18). The van der Waals surface area contributed by atoms with E-state index in [1.807, 2.05) is 0 Å². The lowest BCUT2D eigenvalue weighted by molar-refractivity contribution is 0.0954. The topological polar surface area (TPSA) is 96.5 Å². The molecule has 1 rings (SSSR count). The van der Waals surface area contributed by atoms with E-state index in [9.17, 15) is 13.2 Å². The minimum Gasteiger partial charge on any atom is -0.383 e. The highest BCUT2D eigenvalue weighted by molar-refractivity contribution is 7.92. The van der Waals surface area contributed by atoms with Crippen molar-refractivity contribution in [3.05, 3.63) is 29.8 Å². The monoisotopic (exact) mass is 329 g/mol. The van der Waals surface area contributed by atoms with Crippen LogP contribution in [-0.4, -0.2) is 53.4 Å². The molecule has 0 aliphatic rings. The number of para-hydroxylation sites is 1. The summed E-state index contributed by atoms with van der Waals surface area (Å²) >= 11 is 0. The Hall–Kier alpha value is -1.64. The first-order valence-corrected chi connectivity index (χ1v) is 8.72. The van der Waals surface area contributed by atoms with Crippen LogP contribution < -0.4 is 15.4 Å². The third-order valence-electron chi connectivity index (χ3n) is 2.89. The van der Waals surface area contributed by atoms with Crippen LogP contribution >= 0.6 is 0 Å². The van der Waals surface area contributed by atoms with Crippen LogP contribution in [0.2, 0.25) is 0 Å². The highest BCUT2D eigenvalue weighted by Gasteiger charge is 2.14. The van der Waals surface area contributed by atoms with Gasteiger partial charge in [-0.05, 0) is 19.1 Å². The zero-order valence-electron chi connectivity index (χ0n) is 12.9. The van der Waals surface area contributed by atoms with E-state index in [4.69, 9.17) is 4.74 Å². The number of carbonyl (C=O) groups excluding carboxylic acids is 1. The Morgan fingerprint density at radius 2 is 1.91 bits per heavy atom. The van der Waals surface area contributed by atoms with Gasteiger partial charge in [0.2, 0.25) is 10.0 Å². The maximum Gasteiger partial charge on any atom is 0.253 e. The summed E-state index contributed by atoms with van der Waals surface area (Å²) in [6, 6.07) is 6.52. The van der Waals surface area contributed by atoms with Gasteiger partial charge in [0.25, 0.3) is 5.91 Å². The van der Waals surface area contributed by atoms with Crippen molar-refractivity contribution in [2.75, 3.05) is 43.8 Å². The number of ether oxygens (including phenoxy) is 1. The van der Waals surface area contributed by atoms with E-state index >= 15 is 0 Å². The smallest absolute Gasteiger partial charge is 0.253 e. The van der Waals surface area contributed by atoms with E-state index in [-0.39, 0.29) is 17.3 Å². The van der Waals surface area contributed by atoms with E-state index in [1.54, 1.807) is 31.4 Å². The van der Waals surface area contributed by atoms with Crippen LogP contribution in [0.4, 0.5) is 5.69 Å². The molecule has 0 aliphatic carbocycles. The fourth-order valence-corrected chi connectivity index (χ4v) is 2.33. The van der Waals surface area contributed by atoms with Gasteiger partial charge in [-0.2, -0.15) is 0 Å². The first-order valence-electron chi connectivity index (χ1n) is 7.07. The third-order valence-corrected chi connectivity index (χ3v) is 4.18. The summed E-state index contributed by atoms with van der Waals surface area (Å²) in [6.45, 7) is 3.90. The van der Waals surface area contributed by atoms with Gasteiger partial charge >= 0.3 is 0 Å². The van der Waals surface area contributed by atoms with Crippen molar-refractivity contribution in [3.63, 3.8) is 0 Å². The molecule has 0 spiro atoms. The van der Waals surface area contributed by atoms with Gasteiger partial charge in [-0.1, -0.05) is 12.1 Å². The number of rotatable bonds is 10. The minimum absolute atomic E-state index is 0.0492. The number of hydrogen-bond donors (Lipinski definition) is 3. The number of amides is 1. The molecular weight excluding hydrogens is 306 g/mol. The molecular formula is C14H23N3O4S. The molecule has 0 fully saturated rings. The fraction of sp³-hybridized carbons (Fsp3) is 0.500. The highest BCUT2D eigenvalue weighted by atomic mass is 32.2. The van der Waals surface area contributed by atoms with E-state index in [1.165, 1.54) is 6.92 Å². The summed E-state index contributed by atoms with van der Waals surface area (Å²) in [5, 5.41) is 5.85. The molecule has 1 aromatic carbocycles. The predicted molar refractivity (Wildman–Crippen MR) is 86.6 cm³/mol. The van der Waals surface area contributed by atoms with E-state index in [0.717, 1.165) is 0 Å². The van der Waals surface area contributed by atoms with Crippen LogP contribution in [0.15, 0.2) is 24.3 Å². The second-order valence-electron chi connectivity index (χ2n) is 4.55. The molecule has 0 radical (unpaired) electrons. The predicted octanol–water partition coefficient (Wildman–Crippen LogP) is 0.414. The van der Waals surface area contributed by atoms with Gasteiger partial charge in [-0.15, -0.1) is 0 Å². The van der Waals surface area contributed by atoms with Gasteiger partial charge in [0.15, 0.2) is 0 Å². The van der Waals surface area contributed by atoms with Gasteiger partial charge in [-0.3, -0.25) is 9.52 Å². The molecule has 124 valence electrons. The maximum atomic E-state index is 12.1. The van der Waals surface area contributed by atoms with Gasteiger partial charge in [0.1, 0.15) is 0 Å². The molecule has 22 heavy (non-hydrogen) atoms. The molecule has 7 nitrogen and oxygen atoms in total. The Morgan fingerprint density at radius 1 is 1.18 bits per heavy atom. The van der Waals surface area contributed by atoms with E-state index < -0.39 is 10.0 Å². The zero-order chi connectivity index (χ0) is 16.4. The van der Waals surface area contributed by atoms with Crippen LogP contribution in [0, 0.1) is 0 Å². The van der Waals surface area contributed by atoms with Gasteiger partial charge < -0.3 is 15.4 Å². The van der Waals surface area contributed by atoms with Crippen molar-refractivity contribution in [1.29, 1.82) is 0 Å². The van der Waals surface area contributed by atoms with Crippen LogP contribution in [-0.2, 0) is 14.8 Å². The Bertz CT molecular complexity index is 575. The second-order valence-corrected chi connectivity index (χ2v) is 6.56. The van der Waals surface area contributed by atoms with Crippen molar-refractivity contribution >= 4 is 21.6 Å². The normalized spacial score (nSPS) is 11.2. The Balaban J connectivity index is 2.58. The van der Waals surface area contributed by atoms with Crippen LogP contribution in [0.5, 0.6) is 0 Å². The number of methoxy groups -OCH3 is 1. The average molecular weight is 329 g/mol. The maximum absolute atomic E-state index is 12.1. The largest absolute Gasteiger partial charge is 0.383 e. The van der Waals surface area contributed by atoms with Crippen molar-refractivity contribution in [3.8, 4) is 0 Å². The molecule has 3 N–H and O–H groups in total. The van der Waals surface area contributed by atoms with Crippen molar-refractivity contribution in [2.45, 2.75) is 6.92 Å². The third kappa shape index (κ3) is 6.42. The lowest BCUT2D eigenvalue weighted by Gasteiger charge is -2.12. The molecule has 0 aliphatic heterocycles. The van der Waals surface area contributed by atoms with E-state index in [2.05, 4.69) is 15.4 Å². The molecule has 1 aromatic rings. The fourth-order valence-electron chi connectivity index (χ4n) is 1.67. The molecule has 0 saturated heterocycles. The molecule has 0 atom stereocenters. The number of hydrogen-bond acceptors (Lipinski definition) is 5. The average Bonchev–Trinajstić information content (AvgIpc) is 2.50. The Kier molecular flexibility index (Phi) is 7.86. The van der Waals surface area contributed by atoms with Crippen LogP contribution in [0.3, 0.4) is 0 Å². The van der Waals surface area contributed by atoms with Crippen LogP contribution in [0.1, 0.15) is 17.3 Å². The summed E-state index contributed by atoms with van der Waals surface area (Å²) in [5.74, 6) is -0.366. The van der Waals surface area contributed by atoms with Gasteiger partial charge in [0.05, 0.1) is 23.6 Å². The molecule has 0 unspecified atom stereocenters. The summed E-state index contributed by atoms with van der Waals surface area (Å²) in [7, 11) is -1.80. The van der Waals surface area contributed by atoms with Crippen molar-refractivity contribution in [2.24, 2.45) is 0 Å². The van der Waals surface area contributed by atoms with Gasteiger partial charge in [-0.25, -0.2) is 8.42 Å². The van der Waals surface area contributed by atoms with Gasteiger partial charge in [0, 0.05) is 26.7 Å². The summed E-state index contributed by atoms with van der Waals surface area (Å²) in [5.41, 5.74) is 0.589. The Labute approximate surface area is 131 Å². The number of carbonyl (C=O) groups is 1. The quantitative estimate of drug-likeness (QED) is 0.541. The SMILES string of the molecule is CCS(=O)(=O)Nc1ccccc1C(=O)NCCNCCOC. The second kappa shape index (κ2) is 9.39. The van der Waals surface area contributed by atoms with Crippen molar-refractivity contribution < 1.29 is 17.9 Å². The summed E-state index contributed by atoms with van der Waals surface area (Å²) in [4.78, 5) is 12.1. The molecule has 8 heteroatoms. The summed E-state index contributed by atoms with van der Waals surface area (Å²) in [6.07, 6.45) is 0. The molecule has 0 aromatic heterocycles. The number of nitrogens with one attached hydrogen (secondary N) is 3. The minimum atomic E-state index is -3.42. The lowest BCUT2D eigenvalue weighted by Crippen LogP contribution is -2.33. The highest BCUT2D eigenvalue weighted by Crippen LogP contribution is 2.16. The zero-order valence-corrected chi connectivity index (χ0v) is 13.7. The molecule has 0 heterocycles. The number of benzene rings is 1.